The fraction of sp³-hybridized carbons (Fsp3) is 0.438. The molecule has 1 unspecified atom stereocenters. The van der Waals surface area contributed by atoms with Gasteiger partial charge < -0.3 is 10.4 Å². The maximum absolute atomic E-state index is 14.0. The molecule has 0 saturated heterocycles. The Hall–Kier alpha value is -1.46. The number of carboxylic acid groups (broad SMARTS) is 1. The molecule has 1 aliphatic carbocycles. The molecule has 0 aliphatic heterocycles. The van der Waals surface area contributed by atoms with E-state index in [1.54, 1.807) is 12.1 Å². The van der Waals surface area contributed by atoms with Crippen LogP contribution in [0, 0.1) is 17.2 Å². The zero-order chi connectivity index (χ0) is 15.2. The number of thiophene rings is 1. The number of fused-ring (bicyclic) bond motifs is 1. The number of halogens is 1. The Morgan fingerprint density at radius 2 is 2.24 bits per heavy atom. The van der Waals surface area contributed by atoms with Crippen LogP contribution < -0.4 is 5.32 Å². The number of nitrogens with one attached hydrogen (secondary N) is 1. The highest BCUT2D eigenvalue weighted by molar-refractivity contribution is 7.21. The highest BCUT2D eigenvalue weighted by Crippen LogP contribution is 2.51. The van der Waals surface area contributed by atoms with E-state index in [4.69, 9.17) is 0 Å². The molecule has 1 heterocycles. The van der Waals surface area contributed by atoms with Gasteiger partial charge in [0.2, 0.25) is 0 Å². The molecule has 0 bridgehead atoms. The predicted molar refractivity (Wildman–Crippen MR) is 82.3 cm³/mol. The van der Waals surface area contributed by atoms with E-state index in [1.807, 2.05) is 0 Å². The van der Waals surface area contributed by atoms with E-state index >= 15 is 0 Å². The smallest absolute Gasteiger partial charge is 0.346 e. The number of carboxylic acids is 1. The number of hydrogen-bond donors (Lipinski definition) is 2. The van der Waals surface area contributed by atoms with E-state index in [2.05, 4.69) is 19.2 Å². The highest BCUT2D eigenvalue weighted by atomic mass is 32.1. The van der Waals surface area contributed by atoms with Gasteiger partial charge in [-0.1, -0.05) is 19.9 Å². The highest BCUT2D eigenvalue weighted by Gasteiger charge is 2.44. The third-order valence-electron chi connectivity index (χ3n) is 4.37. The molecule has 1 aliphatic rings. The molecular weight excluding hydrogens is 289 g/mol. The zero-order valence-electron chi connectivity index (χ0n) is 12.1. The minimum absolute atomic E-state index is 0.234. The zero-order valence-corrected chi connectivity index (χ0v) is 12.9. The first-order chi connectivity index (χ1) is 9.90. The molecule has 21 heavy (non-hydrogen) atoms. The van der Waals surface area contributed by atoms with Gasteiger partial charge in [0, 0.05) is 22.2 Å². The topological polar surface area (TPSA) is 49.3 Å². The van der Waals surface area contributed by atoms with Crippen molar-refractivity contribution < 1.29 is 14.3 Å². The molecule has 2 aromatic rings. The van der Waals surface area contributed by atoms with Crippen molar-refractivity contribution in [1.82, 2.24) is 5.32 Å². The summed E-state index contributed by atoms with van der Waals surface area (Å²) in [6.45, 7) is 5.69. The van der Waals surface area contributed by atoms with E-state index in [0.29, 0.717) is 33.5 Å². The Balaban J connectivity index is 1.85. The first-order valence-electron chi connectivity index (χ1n) is 7.04. The van der Waals surface area contributed by atoms with Crippen LogP contribution in [-0.2, 0) is 6.54 Å². The van der Waals surface area contributed by atoms with Gasteiger partial charge in [0.25, 0.3) is 0 Å². The fourth-order valence-corrected chi connectivity index (χ4v) is 3.88. The van der Waals surface area contributed by atoms with Gasteiger partial charge in [-0.15, -0.1) is 11.3 Å². The molecule has 5 heteroatoms. The molecule has 1 aromatic heterocycles. The van der Waals surface area contributed by atoms with Gasteiger partial charge in [0.05, 0.1) is 0 Å². The Morgan fingerprint density at radius 3 is 2.86 bits per heavy atom. The summed E-state index contributed by atoms with van der Waals surface area (Å²) in [5.74, 6) is -0.709. The molecule has 2 N–H and O–H groups in total. The number of hydrogen-bond acceptors (Lipinski definition) is 3. The Labute approximate surface area is 126 Å². The monoisotopic (exact) mass is 307 g/mol. The molecule has 0 radical (unpaired) electrons. The second-order valence-corrected chi connectivity index (χ2v) is 7.40. The Morgan fingerprint density at radius 1 is 1.52 bits per heavy atom. The van der Waals surface area contributed by atoms with E-state index < -0.39 is 5.97 Å². The maximum Gasteiger partial charge on any atom is 0.346 e. The maximum atomic E-state index is 14.0. The Kier molecular flexibility index (Phi) is 3.50. The van der Waals surface area contributed by atoms with Crippen LogP contribution in [0.4, 0.5) is 4.39 Å². The van der Waals surface area contributed by atoms with E-state index in [-0.39, 0.29) is 10.7 Å². The van der Waals surface area contributed by atoms with Gasteiger partial charge in [0.15, 0.2) is 0 Å². The molecule has 1 atom stereocenters. The molecule has 3 rings (SSSR count). The average molecular weight is 307 g/mol. The number of benzene rings is 1. The SMILES string of the molecule is CC1(C)CC1CNCc1c(C(=O)O)sc2cccc(F)c12. The van der Waals surface area contributed by atoms with Crippen molar-refractivity contribution in [3.63, 3.8) is 0 Å². The van der Waals surface area contributed by atoms with Crippen molar-refractivity contribution in [1.29, 1.82) is 0 Å². The quantitative estimate of drug-likeness (QED) is 0.881. The number of rotatable bonds is 5. The van der Waals surface area contributed by atoms with Crippen LogP contribution in [0.5, 0.6) is 0 Å². The number of carbonyl (C=O) groups is 1. The minimum atomic E-state index is -0.987. The van der Waals surface area contributed by atoms with Crippen molar-refractivity contribution in [3.8, 4) is 0 Å². The van der Waals surface area contributed by atoms with Crippen LogP contribution in [-0.4, -0.2) is 17.6 Å². The van der Waals surface area contributed by atoms with Crippen molar-refractivity contribution in [2.45, 2.75) is 26.8 Å². The van der Waals surface area contributed by atoms with Gasteiger partial charge in [-0.2, -0.15) is 0 Å². The van der Waals surface area contributed by atoms with Crippen LogP contribution in [0.15, 0.2) is 18.2 Å². The molecule has 1 fully saturated rings. The fourth-order valence-electron chi connectivity index (χ4n) is 2.80. The first-order valence-corrected chi connectivity index (χ1v) is 7.85. The third-order valence-corrected chi connectivity index (χ3v) is 5.55. The van der Waals surface area contributed by atoms with Crippen LogP contribution in [0.25, 0.3) is 10.1 Å². The minimum Gasteiger partial charge on any atom is -0.477 e. The summed E-state index contributed by atoms with van der Waals surface area (Å²) < 4.78 is 14.7. The van der Waals surface area contributed by atoms with Crippen LogP contribution in [0.2, 0.25) is 0 Å². The summed E-state index contributed by atoms with van der Waals surface area (Å²) in [7, 11) is 0. The summed E-state index contributed by atoms with van der Waals surface area (Å²) >= 11 is 1.14. The average Bonchev–Trinajstić information content (AvgIpc) is 2.83. The molecular formula is C16H18FNO2S. The van der Waals surface area contributed by atoms with E-state index in [0.717, 1.165) is 17.9 Å². The Bertz CT molecular complexity index is 708. The van der Waals surface area contributed by atoms with E-state index in [1.165, 1.54) is 12.5 Å². The lowest BCUT2D eigenvalue weighted by molar-refractivity contribution is 0.0701. The van der Waals surface area contributed by atoms with Gasteiger partial charge >= 0.3 is 5.97 Å². The second kappa shape index (κ2) is 5.07. The summed E-state index contributed by atoms with van der Waals surface area (Å²) in [4.78, 5) is 11.6. The van der Waals surface area contributed by atoms with Crippen LogP contribution in [0.1, 0.15) is 35.5 Å². The summed E-state index contributed by atoms with van der Waals surface area (Å²) in [5.41, 5.74) is 0.948. The second-order valence-electron chi connectivity index (χ2n) is 6.35. The molecule has 0 spiro atoms. The summed E-state index contributed by atoms with van der Waals surface area (Å²) in [5, 5.41) is 13.1. The molecule has 1 aromatic carbocycles. The number of aromatic carboxylic acids is 1. The van der Waals surface area contributed by atoms with Crippen LogP contribution >= 0.6 is 11.3 Å². The van der Waals surface area contributed by atoms with Crippen molar-refractivity contribution in [2.24, 2.45) is 11.3 Å². The molecule has 3 nitrogen and oxygen atoms in total. The molecule has 0 amide bonds. The molecule has 112 valence electrons. The first kappa shape index (κ1) is 14.5. The summed E-state index contributed by atoms with van der Waals surface area (Å²) in [6, 6.07) is 4.76. The lowest BCUT2D eigenvalue weighted by Gasteiger charge is -2.07. The standard InChI is InChI=1S/C16H18FNO2S/c1-16(2)6-9(16)7-18-8-10-13-11(17)4-3-5-12(13)21-14(10)15(19)20/h3-5,9,18H,6-8H2,1-2H3,(H,19,20). The largest absolute Gasteiger partial charge is 0.477 e. The normalized spacial score (nSPS) is 19.9. The molecule has 1 saturated carbocycles. The summed E-state index contributed by atoms with van der Waals surface area (Å²) in [6.07, 6.45) is 1.19. The van der Waals surface area contributed by atoms with Gasteiger partial charge in [0.1, 0.15) is 10.7 Å². The van der Waals surface area contributed by atoms with Crippen molar-refractivity contribution >= 4 is 27.4 Å². The van der Waals surface area contributed by atoms with E-state index in [9.17, 15) is 14.3 Å². The van der Waals surface area contributed by atoms with Gasteiger partial charge in [-0.3, -0.25) is 0 Å². The van der Waals surface area contributed by atoms with Crippen molar-refractivity contribution in [2.75, 3.05) is 6.54 Å². The van der Waals surface area contributed by atoms with Gasteiger partial charge in [-0.05, 0) is 36.4 Å². The lowest BCUT2D eigenvalue weighted by atomic mass is 10.1. The lowest BCUT2D eigenvalue weighted by Crippen LogP contribution is -2.19. The van der Waals surface area contributed by atoms with Gasteiger partial charge in [-0.25, -0.2) is 9.18 Å². The van der Waals surface area contributed by atoms with Crippen LogP contribution in [0.3, 0.4) is 0 Å². The predicted octanol–water partition coefficient (Wildman–Crippen LogP) is 3.87. The van der Waals surface area contributed by atoms with Crippen molar-refractivity contribution in [3.05, 3.63) is 34.5 Å². The third kappa shape index (κ3) is 2.68.